The van der Waals surface area contributed by atoms with Crippen LogP contribution in [-0.4, -0.2) is 52.3 Å². The van der Waals surface area contributed by atoms with Crippen LogP contribution < -0.4 is 5.32 Å². The number of nitrogens with one attached hydrogen (secondary N) is 1. The van der Waals surface area contributed by atoms with Crippen molar-refractivity contribution in [2.24, 2.45) is 5.92 Å². The Morgan fingerprint density at radius 3 is 2.66 bits per heavy atom. The molecule has 4 heterocycles. The topological polar surface area (TPSA) is 107 Å². The molecule has 4 aromatic rings. The van der Waals surface area contributed by atoms with Gasteiger partial charge in [0.2, 0.25) is 0 Å². The van der Waals surface area contributed by atoms with E-state index in [-0.39, 0.29) is 30.0 Å². The van der Waals surface area contributed by atoms with E-state index < -0.39 is 0 Å². The van der Waals surface area contributed by atoms with Crippen LogP contribution in [0, 0.1) is 5.92 Å². The van der Waals surface area contributed by atoms with Gasteiger partial charge in [0.1, 0.15) is 11.5 Å². The van der Waals surface area contributed by atoms with E-state index >= 15 is 0 Å². The van der Waals surface area contributed by atoms with Crippen molar-refractivity contribution < 1.29 is 23.6 Å². The number of carbonyl (C=O) groups is 2. The van der Waals surface area contributed by atoms with Gasteiger partial charge in [-0.3, -0.25) is 5.32 Å². The first-order valence-electron chi connectivity index (χ1n) is 15.1. The summed E-state index contributed by atoms with van der Waals surface area (Å²) in [6, 6.07) is 10.8. The van der Waals surface area contributed by atoms with Gasteiger partial charge >= 0.3 is 12.0 Å². The van der Waals surface area contributed by atoms with E-state index in [1.807, 2.05) is 11.0 Å². The number of rotatable bonds is 9. The first kappa shape index (κ1) is 29.5. The van der Waals surface area contributed by atoms with Crippen LogP contribution in [0.4, 0.5) is 9.93 Å². The quantitative estimate of drug-likeness (QED) is 0.181. The zero-order chi connectivity index (χ0) is 30.4. The van der Waals surface area contributed by atoms with E-state index in [4.69, 9.17) is 37.2 Å². The van der Waals surface area contributed by atoms with Gasteiger partial charge in [-0.05, 0) is 75.8 Å². The lowest BCUT2D eigenvalue weighted by atomic mass is 9.91. The molecule has 3 unspecified atom stereocenters. The Hall–Kier alpha value is -3.18. The number of urea groups is 1. The number of hydrogen-bond acceptors (Lipinski definition) is 8. The first-order valence-corrected chi connectivity index (χ1v) is 16.7. The highest BCUT2D eigenvalue weighted by atomic mass is 35.5. The average Bonchev–Trinajstić information content (AvgIpc) is 3.52. The van der Waals surface area contributed by atoms with Crippen LogP contribution in [0.15, 0.2) is 40.9 Å². The Bertz CT molecular complexity index is 1700. The van der Waals surface area contributed by atoms with Gasteiger partial charge in [-0.25, -0.2) is 14.6 Å². The number of anilines is 1. The van der Waals surface area contributed by atoms with Crippen LogP contribution in [0.5, 0.6) is 0 Å². The molecule has 2 bridgehead atoms. The summed E-state index contributed by atoms with van der Waals surface area (Å²) in [7, 11) is 0. The number of carbonyl (C=O) groups excluding carboxylic acids is 2. The highest BCUT2D eigenvalue weighted by Gasteiger charge is 2.45. The summed E-state index contributed by atoms with van der Waals surface area (Å²) in [5.74, 6) is 1.04. The fourth-order valence-corrected chi connectivity index (χ4v) is 8.08. The van der Waals surface area contributed by atoms with Crippen molar-refractivity contribution in [1.29, 1.82) is 0 Å². The Kier molecular flexibility index (Phi) is 8.26. The molecule has 3 fully saturated rings. The van der Waals surface area contributed by atoms with E-state index in [9.17, 15) is 9.59 Å². The van der Waals surface area contributed by atoms with E-state index in [1.54, 1.807) is 37.3 Å². The first-order chi connectivity index (χ1) is 21.4. The molecule has 7 rings (SSSR count). The zero-order valence-corrected chi connectivity index (χ0v) is 26.5. The fraction of sp³-hybridized carbons (Fsp3) is 0.438. The lowest BCUT2D eigenvalue weighted by Gasteiger charge is -2.39. The SMILES string of the molecule is CCOC(=O)c1ccc2nc(NC(=O)N3C4CCC(COCc5c(-c6c(Cl)cccc6Cl)noc5C5CC5)C3CC4)sc2c1. The number of ether oxygens (including phenoxy) is 2. The number of piperidine rings is 1. The second-order valence-corrected chi connectivity index (χ2v) is 13.5. The van der Waals surface area contributed by atoms with Gasteiger partial charge in [0.25, 0.3) is 0 Å². The lowest BCUT2D eigenvalue weighted by Crippen LogP contribution is -2.50. The summed E-state index contributed by atoms with van der Waals surface area (Å²) in [5, 5.41) is 8.95. The van der Waals surface area contributed by atoms with E-state index in [2.05, 4.69) is 15.5 Å². The molecule has 44 heavy (non-hydrogen) atoms. The fourth-order valence-electron chi connectivity index (χ4n) is 6.60. The summed E-state index contributed by atoms with van der Waals surface area (Å²) in [6.45, 7) is 2.94. The third-order valence-corrected chi connectivity index (χ3v) is 10.4. The van der Waals surface area contributed by atoms with Crippen molar-refractivity contribution in [3.05, 3.63) is 63.3 Å². The predicted octanol–water partition coefficient (Wildman–Crippen LogP) is 8.30. The molecule has 1 N–H and O–H groups in total. The van der Waals surface area contributed by atoms with Gasteiger partial charge in [0.05, 0.1) is 45.6 Å². The Balaban J connectivity index is 1.03. The van der Waals surface area contributed by atoms with Crippen molar-refractivity contribution in [2.75, 3.05) is 18.5 Å². The number of aromatic nitrogens is 2. The summed E-state index contributed by atoms with van der Waals surface area (Å²) in [6.07, 6.45) is 5.98. The lowest BCUT2D eigenvalue weighted by molar-refractivity contribution is 0.0329. The smallest absolute Gasteiger partial charge is 0.338 e. The second-order valence-electron chi connectivity index (χ2n) is 11.7. The summed E-state index contributed by atoms with van der Waals surface area (Å²) in [5.41, 5.74) is 3.40. The van der Waals surface area contributed by atoms with Crippen LogP contribution in [0.2, 0.25) is 10.0 Å². The van der Waals surface area contributed by atoms with Crippen LogP contribution in [-0.2, 0) is 16.1 Å². The van der Waals surface area contributed by atoms with Crippen molar-refractivity contribution in [3.63, 3.8) is 0 Å². The minimum absolute atomic E-state index is 0.0846. The standard InChI is InChI=1S/C32H32Cl2N4O5S/c1-2-42-30(39)18-9-12-24-26(14-18)44-31(35-24)36-32(40)38-20-10-8-19(25(38)13-11-20)15-41-16-21-28(37-43-29(21)17-6-7-17)27-22(33)4-3-5-23(27)34/h3-5,9,12,14,17,19-20,25H,2,6-8,10-11,13,15-16H2,1H3,(H,35,36,40). The monoisotopic (exact) mass is 654 g/mol. The summed E-state index contributed by atoms with van der Waals surface area (Å²) >= 11 is 14.4. The molecule has 2 amide bonds. The minimum Gasteiger partial charge on any atom is -0.462 e. The van der Waals surface area contributed by atoms with Crippen molar-refractivity contribution in [3.8, 4) is 11.3 Å². The van der Waals surface area contributed by atoms with Crippen molar-refractivity contribution in [2.45, 2.75) is 70.1 Å². The number of esters is 1. The Morgan fingerprint density at radius 2 is 1.89 bits per heavy atom. The molecule has 230 valence electrons. The van der Waals surface area contributed by atoms with E-state index in [1.165, 1.54) is 11.3 Å². The van der Waals surface area contributed by atoms with Gasteiger partial charge < -0.3 is 18.9 Å². The van der Waals surface area contributed by atoms with Crippen molar-refractivity contribution in [1.82, 2.24) is 15.0 Å². The largest absolute Gasteiger partial charge is 0.462 e. The molecule has 3 atom stereocenters. The zero-order valence-electron chi connectivity index (χ0n) is 24.2. The molecule has 1 aliphatic carbocycles. The Labute approximate surface area is 268 Å². The molecule has 0 radical (unpaired) electrons. The third kappa shape index (κ3) is 5.69. The molecular weight excluding hydrogens is 623 g/mol. The number of hydrogen-bond donors (Lipinski definition) is 1. The molecule has 12 heteroatoms. The summed E-state index contributed by atoms with van der Waals surface area (Å²) < 4.78 is 18.1. The van der Waals surface area contributed by atoms with Gasteiger partial charge in [-0.2, -0.15) is 0 Å². The van der Waals surface area contributed by atoms with Crippen LogP contribution in [0.3, 0.4) is 0 Å². The van der Waals surface area contributed by atoms with Crippen LogP contribution in [0.1, 0.15) is 73.0 Å². The molecule has 3 aliphatic rings. The number of benzene rings is 2. The highest BCUT2D eigenvalue weighted by molar-refractivity contribution is 7.22. The maximum Gasteiger partial charge on any atom is 0.338 e. The number of nitrogens with zero attached hydrogens (tertiary/aromatic N) is 3. The number of thiazole rings is 1. The molecule has 0 spiro atoms. The van der Waals surface area contributed by atoms with Crippen molar-refractivity contribution >= 4 is 61.9 Å². The molecular formula is C32H32Cl2N4O5S. The maximum atomic E-state index is 13.6. The molecule has 9 nitrogen and oxygen atoms in total. The molecule has 2 aromatic heterocycles. The van der Waals surface area contributed by atoms with Gasteiger partial charge in [-0.15, -0.1) is 0 Å². The van der Waals surface area contributed by atoms with Gasteiger partial charge in [0.15, 0.2) is 5.13 Å². The number of halogens is 2. The molecule has 1 saturated carbocycles. The minimum atomic E-state index is -0.372. The van der Waals surface area contributed by atoms with Gasteiger partial charge in [-0.1, -0.05) is 45.8 Å². The van der Waals surface area contributed by atoms with E-state index in [0.717, 1.165) is 60.1 Å². The van der Waals surface area contributed by atoms with Gasteiger partial charge in [0, 0.05) is 35.0 Å². The number of amides is 2. The normalized spacial score (nSPS) is 21.2. The molecule has 2 aliphatic heterocycles. The van der Waals surface area contributed by atoms with E-state index in [0.29, 0.717) is 57.7 Å². The predicted molar refractivity (Wildman–Crippen MR) is 170 cm³/mol. The average molecular weight is 656 g/mol. The Morgan fingerprint density at radius 1 is 1.09 bits per heavy atom. The number of fused-ring (bicyclic) bond motifs is 3. The van der Waals surface area contributed by atoms with Crippen LogP contribution >= 0.6 is 34.5 Å². The maximum absolute atomic E-state index is 13.6. The highest BCUT2D eigenvalue weighted by Crippen LogP contribution is 2.46. The molecule has 2 aromatic carbocycles. The summed E-state index contributed by atoms with van der Waals surface area (Å²) in [4.78, 5) is 32.3. The second kappa shape index (κ2) is 12.3. The third-order valence-electron chi connectivity index (χ3n) is 8.85. The molecule has 2 saturated heterocycles. The van der Waals surface area contributed by atoms with Crippen LogP contribution in [0.25, 0.3) is 21.5 Å².